The molecule has 0 fully saturated rings. The minimum Gasteiger partial charge on any atom is -0.396 e. The number of nitrogens with zero attached hydrogens (tertiary/aromatic N) is 2. The van der Waals surface area contributed by atoms with E-state index in [-0.39, 0.29) is 40.1 Å². The molecule has 0 unspecified atom stereocenters. The molecule has 3 N–H and O–H groups in total. The van der Waals surface area contributed by atoms with Crippen LogP contribution < -0.4 is 5.73 Å². The second kappa shape index (κ2) is 7.63. The third-order valence-electron chi connectivity index (χ3n) is 3.61. The molecule has 0 heterocycles. The van der Waals surface area contributed by atoms with E-state index in [1.165, 1.54) is 6.07 Å². The number of hydrogen-bond donors (Lipinski definition) is 2. The van der Waals surface area contributed by atoms with Crippen LogP contribution in [0.4, 0.5) is 17.1 Å². The number of nitrogens with two attached hydrogens (primary N) is 1. The quantitative estimate of drug-likeness (QED) is 0.317. The molecule has 0 aliphatic rings. The molecular formula is C17H15N3NaO3S. The van der Waals surface area contributed by atoms with Gasteiger partial charge in [-0.25, -0.2) is 0 Å². The predicted molar refractivity (Wildman–Crippen MR) is 99.3 cm³/mol. The maximum Gasteiger partial charge on any atom is 0.295 e. The molecule has 1 radical (unpaired) electrons. The van der Waals surface area contributed by atoms with Crippen LogP contribution in [0.2, 0.25) is 0 Å². The number of benzene rings is 3. The summed E-state index contributed by atoms with van der Waals surface area (Å²) in [5, 5.41) is 8.96. The molecule has 0 spiro atoms. The fourth-order valence-electron chi connectivity index (χ4n) is 2.37. The predicted octanol–water partition coefficient (Wildman–Crippen LogP) is 4.01. The summed E-state index contributed by atoms with van der Waals surface area (Å²) in [5.74, 6) is 0. The van der Waals surface area contributed by atoms with Gasteiger partial charge < -0.3 is 5.73 Å². The third kappa shape index (κ3) is 4.26. The Morgan fingerprint density at radius 3 is 2.16 bits per heavy atom. The first kappa shape index (κ1) is 19.6. The van der Waals surface area contributed by atoms with Crippen LogP contribution in [-0.2, 0) is 10.1 Å². The zero-order valence-corrected chi connectivity index (χ0v) is 16.7. The molecule has 3 aromatic carbocycles. The molecule has 0 aliphatic carbocycles. The summed E-state index contributed by atoms with van der Waals surface area (Å²) in [6.45, 7) is 1.96. The summed E-state index contributed by atoms with van der Waals surface area (Å²) >= 11 is 0. The van der Waals surface area contributed by atoms with Crippen molar-refractivity contribution in [3.63, 3.8) is 0 Å². The fraction of sp³-hybridized carbons (Fsp3) is 0.0588. The van der Waals surface area contributed by atoms with Crippen LogP contribution in [0.3, 0.4) is 0 Å². The molecule has 25 heavy (non-hydrogen) atoms. The van der Waals surface area contributed by atoms with Crippen molar-refractivity contribution in [1.82, 2.24) is 0 Å². The largest absolute Gasteiger partial charge is 0.396 e. The third-order valence-corrected chi connectivity index (χ3v) is 4.51. The summed E-state index contributed by atoms with van der Waals surface area (Å²) < 4.78 is 32.8. The van der Waals surface area contributed by atoms with Crippen molar-refractivity contribution in [2.24, 2.45) is 10.2 Å². The zero-order valence-electron chi connectivity index (χ0n) is 13.8. The fourth-order valence-corrected chi connectivity index (χ4v) is 3.09. The maximum atomic E-state index is 11.7. The van der Waals surface area contributed by atoms with Gasteiger partial charge in [-0.2, -0.15) is 13.5 Å². The summed E-state index contributed by atoms with van der Waals surface area (Å²) in [6.07, 6.45) is 0. The van der Waals surface area contributed by atoms with Crippen molar-refractivity contribution in [3.05, 3.63) is 60.2 Å². The van der Waals surface area contributed by atoms with Gasteiger partial charge in [0.25, 0.3) is 10.1 Å². The molecule has 3 rings (SSSR count). The van der Waals surface area contributed by atoms with Gasteiger partial charge >= 0.3 is 0 Å². The van der Waals surface area contributed by atoms with Gasteiger partial charge in [-0.05, 0) is 25.1 Å². The molecule has 0 saturated carbocycles. The SMILES string of the molecule is Cc1ccc(N=Nc2cc(S(=O)(=O)O)c3ccccc3c2N)cc1.[Na]. The van der Waals surface area contributed by atoms with Crippen LogP contribution in [0.5, 0.6) is 0 Å². The molecule has 0 bridgehead atoms. The van der Waals surface area contributed by atoms with Gasteiger partial charge in [0.1, 0.15) is 10.6 Å². The number of rotatable bonds is 3. The van der Waals surface area contributed by atoms with Gasteiger partial charge in [0.15, 0.2) is 0 Å². The van der Waals surface area contributed by atoms with Crippen LogP contribution in [0.15, 0.2) is 69.7 Å². The van der Waals surface area contributed by atoms with E-state index in [0.717, 1.165) is 5.56 Å². The Hall–Kier alpha value is -1.77. The molecule has 3 aromatic rings. The average Bonchev–Trinajstić information content (AvgIpc) is 2.55. The Kier molecular flexibility index (Phi) is 5.97. The minimum atomic E-state index is -4.41. The smallest absolute Gasteiger partial charge is 0.295 e. The molecule has 8 heteroatoms. The van der Waals surface area contributed by atoms with Crippen molar-refractivity contribution >= 4 is 67.5 Å². The normalized spacial score (nSPS) is 11.6. The molecule has 0 aliphatic heterocycles. The van der Waals surface area contributed by atoms with Gasteiger partial charge in [0.05, 0.1) is 11.4 Å². The van der Waals surface area contributed by atoms with Crippen LogP contribution in [0, 0.1) is 6.92 Å². The minimum absolute atomic E-state index is 0. The molecule has 0 atom stereocenters. The number of anilines is 1. The first-order valence-corrected chi connectivity index (χ1v) is 8.57. The van der Waals surface area contributed by atoms with E-state index in [9.17, 15) is 13.0 Å². The standard InChI is InChI=1S/C17H15N3O3S.Na/c1-11-6-8-12(9-7-11)19-20-15-10-16(24(21,22)23)13-4-2-3-5-14(13)17(15)18;/h2-10H,18H2,1H3,(H,21,22,23);. The summed E-state index contributed by atoms with van der Waals surface area (Å²) in [7, 11) is -4.41. The number of azo groups is 1. The Labute approximate surface area is 167 Å². The van der Waals surface area contributed by atoms with E-state index in [2.05, 4.69) is 10.2 Å². The topological polar surface area (TPSA) is 105 Å². The van der Waals surface area contributed by atoms with Gasteiger partial charge in [-0.15, -0.1) is 5.11 Å². The van der Waals surface area contributed by atoms with Crippen LogP contribution in [0.1, 0.15) is 5.56 Å². The van der Waals surface area contributed by atoms with E-state index < -0.39 is 10.1 Å². The van der Waals surface area contributed by atoms with E-state index in [0.29, 0.717) is 22.1 Å². The van der Waals surface area contributed by atoms with E-state index in [1.807, 2.05) is 19.1 Å². The number of fused-ring (bicyclic) bond motifs is 1. The van der Waals surface area contributed by atoms with Gasteiger partial charge in [-0.1, -0.05) is 42.0 Å². The number of aryl methyl sites for hydroxylation is 1. The average molecular weight is 364 g/mol. The second-order valence-corrected chi connectivity index (χ2v) is 6.75. The summed E-state index contributed by atoms with van der Waals surface area (Å²) in [5.41, 5.74) is 8.27. The van der Waals surface area contributed by atoms with Crippen LogP contribution in [0.25, 0.3) is 10.8 Å². The Morgan fingerprint density at radius 2 is 1.56 bits per heavy atom. The maximum absolute atomic E-state index is 11.7. The van der Waals surface area contributed by atoms with Gasteiger partial charge in [0, 0.05) is 40.3 Å². The van der Waals surface area contributed by atoms with E-state index in [1.54, 1.807) is 36.4 Å². The Morgan fingerprint density at radius 1 is 0.960 bits per heavy atom. The van der Waals surface area contributed by atoms with Gasteiger partial charge in [0.2, 0.25) is 0 Å². The van der Waals surface area contributed by atoms with Crippen molar-refractivity contribution in [2.75, 3.05) is 5.73 Å². The number of nitrogen functional groups attached to an aromatic ring is 1. The Balaban J connectivity index is 0.00000225. The van der Waals surface area contributed by atoms with Gasteiger partial charge in [-0.3, -0.25) is 4.55 Å². The van der Waals surface area contributed by atoms with E-state index in [4.69, 9.17) is 5.73 Å². The van der Waals surface area contributed by atoms with Crippen LogP contribution in [-0.4, -0.2) is 42.5 Å². The van der Waals surface area contributed by atoms with Crippen molar-refractivity contribution in [1.29, 1.82) is 0 Å². The van der Waals surface area contributed by atoms with Crippen molar-refractivity contribution in [2.45, 2.75) is 11.8 Å². The molecule has 0 amide bonds. The number of hydrogen-bond acceptors (Lipinski definition) is 5. The monoisotopic (exact) mass is 364 g/mol. The molecule has 0 saturated heterocycles. The second-order valence-electron chi connectivity index (χ2n) is 5.36. The first-order chi connectivity index (χ1) is 11.4. The molecular weight excluding hydrogens is 349 g/mol. The van der Waals surface area contributed by atoms with Crippen molar-refractivity contribution < 1.29 is 13.0 Å². The first-order valence-electron chi connectivity index (χ1n) is 7.13. The molecule has 6 nitrogen and oxygen atoms in total. The van der Waals surface area contributed by atoms with Crippen LogP contribution >= 0.6 is 0 Å². The van der Waals surface area contributed by atoms with Crippen molar-refractivity contribution in [3.8, 4) is 0 Å². The summed E-state index contributed by atoms with van der Waals surface area (Å²) in [6, 6.07) is 15.2. The summed E-state index contributed by atoms with van der Waals surface area (Å²) in [4.78, 5) is -0.245. The molecule has 123 valence electrons. The molecule has 0 aromatic heterocycles. The Bertz CT molecular complexity index is 1050. The zero-order chi connectivity index (χ0) is 17.3. The van der Waals surface area contributed by atoms with E-state index >= 15 is 0 Å².